The van der Waals surface area contributed by atoms with Gasteiger partial charge in [0.25, 0.3) is 0 Å². The minimum atomic E-state index is 0.0498. The van der Waals surface area contributed by atoms with Gasteiger partial charge in [-0.25, -0.2) is 4.98 Å². The molecule has 0 saturated heterocycles. The molecule has 0 radical (unpaired) electrons. The first kappa shape index (κ1) is 16.4. The second-order valence-corrected chi connectivity index (χ2v) is 7.35. The third kappa shape index (κ3) is 3.23. The SMILES string of the molecule is Cc1cc(C2CCCC2)ccc1C(c1ccccc1)n1ccnc1Cl. The van der Waals surface area contributed by atoms with E-state index in [0.717, 1.165) is 5.92 Å². The van der Waals surface area contributed by atoms with Gasteiger partial charge in [-0.3, -0.25) is 0 Å². The van der Waals surface area contributed by atoms with Gasteiger partial charge in [-0.1, -0.05) is 61.4 Å². The number of rotatable bonds is 4. The molecule has 1 unspecified atom stereocenters. The van der Waals surface area contributed by atoms with E-state index in [1.165, 1.54) is 47.9 Å². The fourth-order valence-corrected chi connectivity index (χ4v) is 4.34. The van der Waals surface area contributed by atoms with Crippen LogP contribution in [0.2, 0.25) is 5.28 Å². The highest BCUT2D eigenvalue weighted by Gasteiger charge is 2.22. The average Bonchev–Trinajstić information content (AvgIpc) is 3.30. The van der Waals surface area contributed by atoms with E-state index in [4.69, 9.17) is 11.6 Å². The molecule has 0 amide bonds. The molecule has 3 heteroatoms. The predicted octanol–water partition coefficient (Wildman–Crippen LogP) is 6.14. The number of aromatic nitrogens is 2. The Kier molecular flexibility index (Phi) is 4.63. The first-order valence-electron chi connectivity index (χ1n) is 9.08. The fraction of sp³-hybridized carbons (Fsp3) is 0.318. The van der Waals surface area contributed by atoms with Gasteiger partial charge in [-0.15, -0.1) is 0 Å². The second-order valence-electron chi connectivity index (χ2n) is 7.01. The van der Waals surface area contributed by atoms with Crippen LogP contribution in [0.5, 0.6) is 0 Å². The Bertz CT molecular complexity index is 847. The number of nitrogens with zero attached hydrogens (tertiary/aromatic N) is 2. The quantitative estimate of drug-likeness (QED) is 0.552. The van der Waals surface area contributed by atoms with Crippen molar-refractivity contribution in [3.63, 3.8) is 0 Å². The summed E-state index contributed by atoms with van der Waals surface area (Å²) in [5, 5.41) is 0.521. The molecule has 1 aliphatic rings. The van der Waals surface area contributed by atoms with Crippen molar-refractivity contribution >= 4 is 11.6 Å². The van der Waals surface area contributed by atoms with Crippen LogP contribution in [-0.2, 0) is 0 Å². The van der Waals surface area contributed by atoms with E-state index in [9.17, 15) is 0 Å². The van der Waals surface area contributed by atoms with E-state index >= 15 is 0 Å². The maximum absolute atomic E-state index is 6.37. The Labute approximate surface area is 154 Å². The molecule has 1 atom stereocenters. The normalized spacial score (nSPS) is 16.2. The van der Waals surface area contributed by atoms with Gasteiger partial charge in [0.05, 0.1) is 6.04 Å². The third-order valence-electron chi connectivity index (χ3n) is 5.43. The van der Waals surface area contributed by atoms with E-state index in [-0.39, 0.29) is 6.04 Å². The molecule has 1 heterocycles. The van der Waals surface area contributed by atoms with Crippen LogP contribution in [0.3, 0.4) is 0 Å². The molecule has 3 aromatic rings. The van der Waals surface area contributed by atoms with Crippen LogP contribution in [0.1, 0.15) is 59.9 Å². The molecule has 0 aliphatic heterocycles. The number of imidazole rings is 1. The first-order chi connectivity index (χ1) is 12.2. The Hall–Kier alpha value is -2.06. The monoisotopic (exact) mass is 350 g/mol. The largest absolute Gasteiger partial charge is 0.310 e. The summed E-state index contributed by atoms with van der Waals surface area (Å²) in [6.45, 7) is 2.22. The van der Waals surface area contributed by atoms with Crippen LogP contribution in [0.4, 0.5) is 0 Å². The van der Waals surface area contributed by atoms with Gasteiger partial charge < -0.3 is 4.57 Å². The Morgan fingerprint density at radius 2 is 1.84 bits per heavy atom. The summed E-state index contributed by atoms with van der Waals surface area (Å²) in [5.74, 6) is 0.736. The zero-order valence-corrected chi connectivity index (χ0v) is 15.3. The van der Waals surface area contributed by atoms with Crippen molar-refractivity contribution in [3.8, 4) is 0 Å². The summed E-state index contributed by atoms with van der Waals surface area (Å²) in [4.78, 5) is 4.23. The van der Waals surface area contributed by atoms with Crippen molar-refractivity contribution in [1.82, 2.24) is 9.55 Å². The second kappa shape index (κ2) is 7.05. The summed E-state index contributed by atoms with van der Waals surface area (Å²) >= 11 is 6.37. The summed E-state index contributed by atoms with van der Waals surface area (Å²) < 4.78 is 2.05. The van der Waals surface area contributed by atoms with Gasteiger partial charge in [0.15, 0.2) is 0 Å². The molecule has 1 fully saturated rings. The molecule has 1 aliphatic carbocycles. The summed E-state index contributed by atoms with van der Waals surface area (Å²) in [7, 11) is 0. The van der Waals surface area contributed by atoms with Crippen LogP contribution < -0.4 is 0 Å². The fourth-order valence-electron chi connectivity index (χ4n) is 4.13. The van der Waals surface area contributed by atoms with Gasteiger partial charge in [0, 0.05) is 12.4 Å². The lowest BCUT2D eigenvalue weighted by Gasteiger charge is -2.23. The highest BCUT2D eigenvalue weighted by atomic mass is 35.5. The molecule has 1 aromatic heterocycles. The molecule has 4 rings (SSSR count). The molecule has 0 bridgehead atoms. The van der Waals surface area contributed by atoms with Crippen molar-refractivity contribution in [2.24, 2.45) is 0 Å². The van der Waals surface area contributed by atoms with Crippen molar-refractivity contribution in [1.29, 1.82) is 0 Å². The topological polar surface area (TPSA) is 17.8 Å². The molecular formula is C22H23ClN2. The predicted molar refractivity (Wildman–Crippen MR) is 103 cm³/mol. The van der Waals surface area contributed by atoms with Crippen molar-refractivity contribution in [3.05, 3.63) is 88.5 Å². The molecule has 128 valence electrons. The summed E-state index contributed by atoms with van der Waals surface area (Å²) in [5.41, 5.74) is 5.32. The van der Waals surface area contributed by atoms with E-state index < -0.39 is 0 Å². The zero-order chi connectivity index (χ0) is 17.2. The van der Waals surface area contributed by atoms with Crippen LogP contribution in [0.25, 0.3) is 0 Å². The summed E-state index contributed by atoms with van der Waals surface area (Å²) in [6.07, 6.45) is 9.11. The Morgan fingerprint density at radius 3 is 2.48 bits per heavy atom. The van der Waals surface area contributed by atoms with Crippen molar-refractivity contribution in [2.45, 2.75) is 44.6 Å². The molecular weight excluding hydrogens is 328 g/mol. The van der Waals surface area contributed by atoms with Crippen molar-refractivity contribution in [2.75, 3.05) is 0 Å². The number of benzene rings is 2. The average molecular weight is 351 g/mol. The molecule has 2 nitrogen and oxygen atoms in total. The minimum absolute atomic E-state index is 0.0498. The van der Waals surface area contributed by atoms with Gasteiger partial charge in [0.2, 0.25) is 5.28 Å². The van der Waals surface area contributed by atoms with Crippen LogP contribution in [0.15, 0.2) is 60.9 Å². The smallest absolute Gasteiger partial charge is 0.203 e. The lowest BCUT2D eigenvalue weighted by molar-refractivity contribution is 0.670. The van der Waals surface area contributed by atoms with E-state index in [1.807, 2.05) is 12.3 Å². The first-order valence-corrected chi connectivity index (χ1v) is 9.45. The van der Waals surface area contributed by atoms with Gasteiger partial charge in [-0.2, -0.15) is 0 Å². The van der Waals surface area contributed by atoms with E-state index in [2.05, 4.69) is 58.9 Å². The molecule has 0 N–H and O–H groups in total. The van der Waals surface area contributed by atoms with Crippen molar-refractivity contribution < 1.29 is 0 Å². The van der Waals surface area contributed by atoms with Crippen LogP contribution >= 0.6 is 11.6 Å². The lowest BCUT2D eigenvalue weighted by Crippen LogP contribution is -2.13. The lowest BCUT2D eigenvalue weighted by atomic mass is 9.89. The Morgan fingerprint density at radius 1 is 1.08 bits per heavy atom. The zero-order valence-electron chi connectivity index (χ0n) is 14.5. The molecule has 2 aromatic carbocycles. The number of hydrogen-bond donors (Lipinski definition) is 0. The molecule has 0 spiro atoms. The molecule has 25 heavy (non-hydrogen) atoms. The number of halogens is 1. The number of hydrogen-bond acceptors (Lipinski definition) is 1. The third-order valence-corrected chi connectivity index (χ3v) is 5.72. The molecule has 1 saturated carbocycles. The van der Waals surface area contributed by atoms with Gasteiger partial charge in [-0.05, 0) is 59.5 Å². The number of aryl methyl sites for hydroxylation is 1. The Balaban J connectivity index is 1.78. The van der Waals surface area contributed by atoms with Gasteiger partial charge >= 0.3 is 0 Å². The summed E-state index contributed by atoms with van der Waals surface area (Å²) in [6, 6.07) is 17.6. The van der Waals surface area contributed by atoms with E-state index in [0.29, 0.717) is 5.28 Å². The maximum atomic E-state index is 6.37. The highest BCUT2D eigenvalue weighted by Crippen LogP contribution is 2.37. The standard InChI is InChI=1S/C22H23ClN2/c1-16-15-19(17-7-5-6-8-17)11-12-20(16)21(18-9-3-2-4-10-18)25-14-13-24-22(25)23/h2-4,9-15,17,21H,5-8H2,1H3. The highest BCUT2D eigenvalue weighted by molar-refractivity contribution is 6.28. The van der Waals surface area contributed by atoms with Crippen LogP contribution in [-0.4, -0.2) is 9.55 Å². The van der Waals surface area contributed by atoms with Crippen LogP contribution in [0, 0.1) is 6.92 Å². The minimum Gasteiger partial charge on any atom is -0.310 e. The van der Waals surface area contributed by atoms with Gasteiger partial charge in [0.1, 0.15) is 0 Å². The van der Waals surface area contributed by atoms with E-state index in [1.54, 1.807) is 6.20 Å². The maximum Gasteiger partial charge on any atom is 0.203 e.